The second-order valence-electron chi connectivity index (χ2n) is 24.7. The number of phosphoric ester groups is 2. The van der Waals surface area contributed by atoms with E-state index in [4.69, 9.17) is 37.0 Å². The van der Waals surface area contributed by atoms with Crippen LogP contribution in [0.25, 0.3) is 0 Å². The monoisotopic (exact) mass is 1270 g/mol. The minimum absolute atomic E-state index is 0.106. The number of hydrogen-bond acceptors (Lipinski definition) is 15. The topological polar surface area (TPSA) is 237 Å². The maximum Gasteiger partial charge on any atom is 0.472 e. The van der Waals surface area contributed by atoms with Crippen LogP contribution in [-0.2, 0) is 65.4 Å². The van der Waals surface area contributed by atoms with Gasteiger partial charge in [0.2, 0.25) is 0 Å². The fourth-order valence-corrected chi connectivity index (χ4v) is 11.6. The van der Waals surface area contributed by atoms with Crippen LogP contribution in [0.1, 0.15) is 337 Å². The maximum absolute atomic E-state index is 13.0. The second-order valence-corrected chi connectivity index (χ2v) is 27.6. The fraction of sp³-hybridized carbons (Fsp3) is 0.940. The molecule has 0 bridgehead atoms. The Morgan fingerprint density at radius 1 is 0.326 bits per heavy atom. The van der Waals surface area contributed by atoms with Crippen molar-refractivity contribution in [3.8, 4) is 0 Å². The van der Waals surface area contributed by atoms with Crippen LogP contribution in [0.2, 0.25) is 0 Å². The Balaban J connectivity index is 5.19. The Morgan fingerprint density at radius 2 is 0.558 bits per heavy atom. The first-order valence-corrected chi connectivity index (χ1v) is 38.1. The van der Waals surface area contributed by atoms with Gasteiger partial charge < -0.3 is 33.8 Å². The van der Waals surface area contributed by atoms with E-state index in [-0.39, 0.29) is 25.7 Å². The van der Waals surface area contributed by atoms with Gasteiger partial charge in [0.15, 0.2) is 12.2 Å². The quantitative estimate of drug-likeness (QED) is 0.0222. The molecular weight excluding hydrogens is 1140 g/mol. The first-order chi connectivity index (χ1) is 41.4. The van der Waals surface area contributed by atoms with Crippen LogP contribution < -0.4 is 0 Å². The zero-order valence-electron chi connectivity index (χ0n) is 55.6. The Hall–Kier alpha value is -1.94. The van der Waals surface area contributed by atoms with Crippen molar-refractivity contribution >= 4 is 39.5 Å². The molecule has 0 radical (unpaired) electrons. The van der Waals surface area contributed by atoms with Crippen molar-refractivity contribution in [2.45, 2.75) is 355 Å². The number of unbranched alkanes of at least 4 members (excludes halogenated alkanes) is 34. The summed E-state index contributed by atoms with van der Waals surface area (Å²) in [5.41, 5.74) is 0. The average Bonchev–Trinajstić information content (AvgIpc) is 3.67. The van der Waals surface area contributed by atoms with Crippen molar-refractivity contribution in [2.24, 2.45) is 11.8 Å². The molecule has 3 N–H and O–H groups in total. The van der Waals surface area contributed by atoms with Crippen molar-refractivity contribution < 1.29 is 80.2 Å². The van der Waals surface area contributed by atoms with E-state index in [1.165, 1.54) is 141 Å². The molecule has 0 aliphatic heterocycles. The molecule has 7 atom stereocenters. The maximum atomic E-state index is 13.0. The molecule has 0 aromatic rings. The van der Waals surface area contributed by atoms with Crippen LogP contribution in [0.4, 0.5) is 0 Å². The minimum Gasteiger partial charge on any atom is -0.462 e. The Kier molecular flexibility index (Phi) is 58.0. The summed E-state index contributed by atoms with van der Waals surface area (Å²) in [4.78, 5) is 72.2. The van der Waals surface area contributed by atoms with Crippen LogP contribution in [0, 0.1) is 11.8 Å². The molecule has 0 saturated carbocycles. The number of hydrogen-bond donors (Lipinski definition) is 3. The molecule has 19 heteroatoms. The van der Waals surface area contributed by atoms with Gasteiger partial charge in [0, 0.05) is 25.7 Å². The summed E-state index contributed by atoms with van der Waals surface area (Å²) in [6.07, 6.45) is 43.1. The molecule has 0 saturated heterocycles. The first kappa shape index (κ1) is 84.1. The summed E-state index contributed by atoms with van der Waals surface area (Å²) in [6, 6.07) is 0. The van der Waals surface area contributed by atoms with E-state index in [0.29, 0.717) is 25.7 Å². The van der Waals surface area contributed by atoms with Crippen LogP contribution >= 0.6 is 15.6 Å². The van der Waals surface area contributed by atoms with Crippen molar-refractivity contribution in [1.82, 2.24) is 0 Å². The van der Waals surface area contributed by atoms with Crippen LogP contribution in [0.3, 0.4) is 0 Å². The van der Waals surface area contributed by atoms with Gasteiger partial charge in [0.05, 0.1) is 26.4 Å². The van der Waals surface area contributed by atoms with E-state index >= 15 is 0 Å². The smallest absolute Gasteiger partial charge is 0.462 e. The number of phosphoric acid groups is 2. The van der Waals surface area contributed by atoms with E-state index in [2.05, 4.69) is 41.5 Å². The van der Waals surface area contributed by atoms with E-state index < -0.39 is 97.5 Å². The van der Waals surface area contributed by atoms with Crippen LogP contribution in [0.15, 0.2) is 0 Å². The molecule has 0 aliphatic rings. The third kappa shape index (κ3) is 58.4. The Bertz CT molecular complexity index is 1690. The van der Waals surface area contributed by atoms with Gasteiger partial charge in [-0.25, -0.2) is 9.13 Å². The predicted octanol–water partition coefficient (Wildman–Crippen LogP) is 18.8. The van der Waals surface area contributed by atoms with E-state index in [1.807, 2.05) is 0 Å². The lowest BCUT2D eigenvalue weighted by Crippen LogP contribution is -2.30. The molecule has 0 amide bonds. The van der Waals surface area contributed by atoms with Crippen LogP contribution in [0.5, 0.6) is 0 Å². The van der Waals surface area contributed by atoms with E-state index in [9.17, 15) is 43.2 Å². The summed E-state index contributed by atoms with van der Waals surface area (Å²) in [5.74, 6) is -0.556. The minimum atomic E-state index is -4.95. The van der Waals surface area contributed by atoms with Crippen molar-refractivity contribution in [3.63, 3.8) is 0 Å². The average molecular weight is 1270 g/mol. The number of carbonyl (C=O) groups is 4. The number of aliphatic hydroxyl groups is 1. The number of rotatable bonds is 66. The highest BCUT2D eigenvalue weighted by molar-refractivity contribution is 7.47. The SMILES string of the molecule is CCCCCCCCCCCCC(=O)O[C@H](COC(=O)CCCCCCCCCC)COP(=O)(O)OC[C@H](O)COP(=O)(O)OC[C@@H](COC(=O)CCCCCCCCC(C)CC)OC(=O)CCCCCCCCCCCCCCCCC(C)CC. The summed E-state index contributed by atoms with van der Waals surface area (Å²) in [7, 11) is -9.89. The molecule has 86 heavy (non-hydrogen) atoms. The van der Waals surface area contributed by atoms with Gasteiger partial charge in [0.1, 0.15) is 19.3 Å². The Labute approximate surface area is 524 Å². The summed E-state index contributed by atoms with van der Waals surface area (Å²) < 4.78 is 68.0. The van der Waals surface area contributed by atoms with Crippen molar-refractivity contribution in [1.29, 1.82) is 0 Å². The molecule has 0 fully saturated rings. The molecule has 0 aliphatic carbocycles. The number of carbonyl (C=O) groups excluding carboxylic acids is 4. The van der Waals surface area contributed by atoms with Gasteiger partial charge >= 0.3 is 39.5 Å². The van der Waals surface area contributed by atoms with Gasteiger partial charge in [-0.2, -0.15) is 0 Å². The fourth-order valence-electron chi connectivity index (χ4n) is 10.00. The van der Waals surface area contributed by atoms with E-state index in [1.54, 1.807) is 0 Å². The summed E-state index contributed by atoms with van der Waals surface area (Å²) >= 11 is 0. The molecular formula is C67H130O17P2. The first-order valence-electron chi connectivity index (χ1n) is 35.1. The normalized spacial score (nSPS) is 14.8. The lowest BCUT2D eigenvalue weighted by Gasteiger charge is -2.21. The molecule has 0 aromatic heterocycles. The lowest BCUT2D eigenvalue weighted by molar-refractivity contribution is -0.161. The van der Waals surface area contributed by atoms with Gasteiger partial charge in [-0.3, -0.25) is 37.3 Å². The molecule has 0 rings (SSSR count). The largest absolute Gasteiger partial charge is 0.472 e. The second kappa shape index (κ2) is 59.4. The standard InChI is InChI=1S/C67H130O17P2/c1-7-11-13-15-17-19-27-31-39-45-51-66(71)83-62(55-77-64(69)49-43-37-30-18-16-14-12-8-2)57-81-85(73,74)79-53-61(68)54-80-86(75,76)82-58-63(56-78-65(70)50-44-38-34-33-36-42-48-60(6)10-4)84-67(72)52-46-40-32-28-25-23-21-20-22-24-26-29-35-41-47-59(5)9-3/h59-63,68H,7-58H2,1-6H3,(H,73,74)(H,75,76)/t59?,60?,61-,62+,63+/m0/s1. The number of aliphatic hydroxyl groups excluding tert-OH is 1. The number of esters is 4. The zero-order chi connectivity index (χ0) is 63.6. The molecule has 17 nitrogen and oxygen atoms in total. The molecule has 0 aromatic carbocycles. The highest BCUT2D eigenvalue weighted by Gasteiger charge is 2.30. The molecule has 0 heterocycles. The van der Waals surface area contributed by atoms with Gasteiger partial charge in [-0.1, -0.05) is 286 Å². The Morgan fingerprint density at radius 3 is 0.826 bits per heavy atom. The lowest BCUT2D eigenvalue weighted by atomic mass is 9.99. The van der Waals surface area contributed by atoms with Crippen molar-refractivity contribution in [3.05, 3.63) is 0 Å². The zero-order valence-corrected chi connectivity index (χ0v) is 57.4. The highest BCUT2D eigenvalue weighted by atomic mass is 31.2. The molecule has 4 unspecified atom stereocenters. The van der Waals surface area contributed by atoms with Crippen LogP contribution in [-0.4, -0.2) is 96.7 Å². The molecule has 510 valence electrons. The summed E-state index contributed by atoms with van der Waals surface area (Å²) in [6.45, 7) is 9.50. The van der Waals surface area contributed by atoms with Crippen molar-refractivity contribution in [2.75, 3.05) is 39.6 Å². The predicted molar refractivity (Wildman–Crippen MR) is 345 cm³/mol. The highest BCUT2D eigenvalue weighted by Crippen LogP contribution is 2.45. The van der Waals surface area contributed by atoms with Gasteiger partial charge in [-0.15, -0.1) is 0 Å². The summed E-state index contributed by atoms with van der Waals surface area (Å²) in [5, 5.41) is 10.5. The third-order valence-corrected chi connectivity index (χ3v) is 18.1. The number of ether oxygens (including phenoxy) is 4. The van der Waals surface area contributed by atoms with E-state index in [0.717, 1.165) is 115 Å². The van der Waals surface area contributed by atoms with Gasteiger partial charge in [0.25, 0.3) is 0 Å². The molecule has 0 spiro atoms. The van der Waals surface area contributed by atoms with Gasteiger partial charge in [-0.05, 0) is 37.5 Å². The third-order valence-electron chi connectivity index (χ3n) is 16.2.